The predicted octanol–water partition coefficient (Wildman–Crippen LogP) is 3.66. The van der Waals surface area contributed by atoms with Gasteiger partial charge in [-0.15, -0.1) is 4.74 Å². The summed E-state index contributed by atoms with van der Waals surface area (Å²) in [6, 6.07) is 12.7. The molecule has 140 valence electrons. The molecular formula is C20H14ClN3O4. The van der Waals surface area contributed by atoms with Gasteiger partial charge in [-0.05, 0) is 60.4 Å². The Bertz CT molecular complexity index is 1320. The molecule has 28 heavy (non-hydrogen) atoms. The largest absolute Gasteiger partial charge is 0.457 e. The van der Waals surface area contributed by atoms with E-state index in [0.29, 0.717) is 22.9 Å². The topological polar surface area (TPSA) is 90.1 Å². The van der Waals surface area contributed by atoms with Gasteiger partial charge in [0.15, 0.2) is 0 Å². The van der Waals surface area contributed by atoms with Crippen molar-refractivity contribution in [3.05, 3.63) is 85.8 Å². The Hall–Kier alpha value is -3.32. The smallest absolute Gasteiger partial charge is 0.440 e. The summed E-state index contributed by atoms with van der Waals surface area (Å²) in [6.45, 7) is 0. The van der Waals surface area contributed by atoms with Crippen LogP contribution in [0.25, 0.3) is 10.9 Å². The van der Waals surface area contributed by atoms with E-state index in [-0.39, 0.29) is 6.04 Å². The fraction of sp³-hybridized carbons (Fsp3) is 0.150. The molecule has 0 unspecified atom stereocenters. The highest BCUT2D eigenvalue weighted by atomic mass is 35.5. The first kappa shape index (κ1) is 16.8. The molecular weight excluding hydrogens is 382 g/mol. The van der Waals surface area contributed by atoms with Gasteiger partial charge >= 0.3 is 11.4 Å². The van der Waals surface area contributed by atoms with Crippen molar-refractivity contribution < 1.29 is 9.26 Å². The van der Waals surface area contributed by atoms with Gasteiger partial charge in [0, 0.05) is 16.6 Å². The van der Waals surface area contributed by atoms with Crippen molar-refractivity contribution in [3.8, 4) is 11.5 Å². The van der Waals surface area contributed by atoms with E-state index < -0.39 is 11.4 Å². The van der Waals surface area contributed by atoms with Gasteiger partial charge in [0.05, 0.1) is 11.6 Å². The van der Waals surface area contributed by atoms with Crippen LogP contribution in [0, 0.1) is 0 Å². The molecule has 1 aliphatic rings. The number of hydrogen-bond donors (Lipinski definition) is 1. The quantitative estimate of drug-likeness (QED) is 0.571. The third-order valence-electron chi connectivity index (χ3n) is 4.93. The number of benzene rings is 2. The summed E-state index contributed by atoms with van der Waals surface area (Å²) in [6.07, 6.45) is 3.11. The van der Waals surface area contributed by atoms with Gasteiger partial charge in [-0.25, -0.2) is 14.6 Å². The van der Waals surface area contributed by atoms with Crippen molar-refractivity contribution in [1.29, 1.82) is 0 Å². The number of aromatic amines is 1. The number of nitrogens with zero attached hydrogens (tertiary/aromatic N) is 2. The molecule has 0 amide bonds. The average Bonchev–Trinajstić information content (AvgIpc) is 3.23. The lowest BCUT2D eigenvalue weighted by Crippen LogP contribution is -2.21. The Labute approximate surface area is 163 Å². The summed E-state index contributed by atoms with van der Waals surface area (Å²) < 4.78 is 12.2. The standard InChI is InChI=1S/C20H14ClN3O4/c21-12-2-4-15-16(10-12)22-8-7-18(15)27-13-3-5-14-11(9-13)1-6-17(14)24-19(25)23-20(26)28-24/h2-5,7-10,17H,1,6H2,(H,23,25,26)/t17-/m1/s1. The third-order valence-corrected chi connectivity index (χ3v) is 5.16. The molecule has 0 spiro atoms. The maximum atomic E-state index is 11.9. The highest BCUT2D eigenvalue weighted by Gasteiger charge is 2.27. The number of pyridine rings is 1. The fourth-order valence-electron chi connectivity index (χ4n) is 3.69. The Balaban J connectivity index is 1.49. The van der Waals surface area contributed by atoms with Crippen LogP contribution in [-0.4, -0.2) is 14.7 Å². The highest BCUT2D eigenvalue weighted by molar-refractivity contribution is 6.31. The number of fused-ring (bicyclic) bond motifs is 2. The lowest BCUT2D eigenvalue weighted by molar-refractivity contribution is 0.217. The second-order valence-electron chi connectivity index (χ2n) is 6.62. The molecule has 2 heterocycles. The lowest BCUT2D eigenvalue weighted by atomic mass is 10.1. The van der Waals surface area contributed by atoms with Crippen LogP contribution in [0.4, 0.5) is 0 Å². The fourth-order valence-corrected chi connectivity index (χ4v) is 3.86. The molecule has 1 N–H and O–H groups in total. The van der Waals surface area contributed by atoms with Crippen molar-refractivity contribution in [2.75, 3.05) is 0 Å². The van der Waals surface area contributed by atoms with Gasteiger partial charge in [0.2, 0.25) is 0 Å². The summed E-state index contributed by atoms with van der Waals surface area (Å²) in [5, 5.41) is 1.48. The highest BCUT2D eigenvalue weighted by Crippen LogP contribution is 2.37. The molecule has 8 heteroatoms. The van der Waals surface area contributed by atoms with Crippen molar-refractivity contribution in [2.24, 2.45) is 0 Å². The maximum Gasteiger partial charge on any atom is 0.440 e. The SMILES string of the molecule is O=c1[nH]c(=O)n([C@@H]2CCc3cc(Oc4ccnc5cc(Cl)ccc45)ccc32)o1. The van der Waals surface area contributed by atoms with Gasteiger partial charge in [0.25, 0.3) is 0 Å². The summed E-state index contributed by atoms with van der Waals surface area (Å²) >= 11 is 6.04. The number of hydrogen-bond acceptors (Lipinski definition) is 5. The number of halogens is 1. The lowest BCUT2D eigenvalue weighted by Gasteiger charge is -2.12. The minimum atomic E-state index is -0.747. The van der Waals surface area contributed by atoms with E-state index >= 15 is 0 Å². The first-order chi connectivity index (χ1) is 13.6. The molecule has 1 atom stereocenters. The number of H-pyrrole nitrogens is 1. The second-order valence-corrected chi connectivity index (χ2v) is 7.06. The molecule has 0 bridgehead atoms. The van der Waals surface area contributed by atoms with E-state index in [1.807, 2.05) is 24.3 Å². The van der Waals surface area contributed by atoms with Crippen LogP contribution >= 0.6 is 11.6 Å². The summed E-state index contributed by atoms with van der Waals surface area (Å²) in [5.41, 5.74) is 2.22. The van der Waals surface area contributed by atoms with Crippen LogP contribution in [0.15, 0.2) is 62.8 Å². The zero-order chi connectivity index (χ0) is 19.3. The normalized spacial score (nSPS) is 15.7. The molecule has 0 radical (unpaired) electrons. The van der Waals surface area contributed by atoms with Crippen molar-refractivity contribution in [1.82, 2.24) is 14.7 Å². The van der Waals surface area contributed by atoms with Crippen molar-refractivity contribution in [2.45, 2.75) is 18.9 Å². The average molecular weight is 396 g/mol. The first-order valence-corrected chi connectivity index (χ1v) is 9.13. The summed E-state index contributed by atoms with van der Waals surface area (Å²) in [5.74, 6) is 0.622. The predicted molar refractivity (Wildman–Crippen MR) is 103 cm³/mol. The first-order valence-electron chi connectivity index (χ1n) is 8.75. The maximum absolute atomic E-state index is 11.9. The molecule has 0 saturated carbocycles. The van der Waals surface area contributed by atoms with Gasteiger partial charge < -0.3 is 9.26 Å². The zero-order valence-corrected chi connectivity index (χ0v) is 15.3. The molecule has 5 rings (SSSR count). The zero-order valence-electron chi connectivity index (χ0n) is 14.5. The molecule has 0 fully saturated rings. The van der Waals surface area contributed by atoms with E-state index in [4.69, 9.17) is 20.9 Å². The van der Waals surface area contributed by atoms with Crippen LogP contribution in [0.3, 0.4) is 0 Å². The van der Waals surface area contributed by atoms with Crippen LogP contribution in [0.2, 0.25) is 5.02 Å². The molecule has 1 aliphatic carbocycles. The van der Waals surface area contributed by atoms with Crippen LogP contribution in [0.1, 0.15) is 23.6 Å². The van der Waals surface area contributed by atoms with E-state index in [9.17, 15) is 9.59 Å². The Kier molecular flexibility index (Phi) is 3.84. The Morgan fingerprint density at radius 2 is 2.07 bits per heavy atom. The number of aryl methyl sites for hydroxylation is 1. The van der Waals surface area contributed by atoms with Crippen LogP contribution < -0.4 is 16.2 Å². The van der Waals surface area contributed by atoms with Gasteiger partial charge in [-0.1, -0.05) is 17.7 Å². The summed E-state index contributed by atoms with van der Waals surface area (Å²) in [7, 11) is 0. The van der Waals surface area contributed by atoms with E-state index in [2.05, 4.69) is 9.97 Å². The Morgan fingerprint density at radius 1 is 1.18 bits per heavy atom. The van der Waals surface area contributed by atoms with E-state index in [0.717, 1.165) is 33.2 Å². The number of nitrogens with one attached hydrogen (secondary N) is 1. The van der Waals surface area contributed by atoms with Gasteiger partial charge in [-0.3, -0.25) is 4.98 Å². The number of ether oxygens (including phenoxy) is 1. The molecule has 4 aromatic rings. The second kappa shape index (κ2) is 6.38. The minimum Gasteiger partial charge on any atom is -0.457 e. The van der Waals surface area contributed by atoms with Gasteiger partial charge in [-0.2, -0.15) is 0 Å². The minimum absolute atomic E-state index is 0.292. The van der Waals surface area contributed by atoms with Crippen molar-refractivity contribution >= 4 is 22.5 Å². The molecule has 2 aromatic heterocycles. The molecule has 2 aromatic carbocycles. The molecule has 0 saturated heterocycles. The van der Waals surface area contributed by atoms with Gasteiger partial charge in [0.1, 0.15) is 11.5 Å². The van der Waals surface area contributed by atoms with Crippen molar-refractivity contribution in [3.63, 3.8) is 0 Å². The molecule has 7 nitrogen and oxygen atoms in total. The Morgan fingerprint density at radius 3 is 2.89 bits per heavy atom. The summed E-state index contributed by atoms with van der Waals surface area (Å²) in [4.78, 5) is 29.6. The van der Waals surface area contributed by atoms with E-state index in [1.165, 1.54) is 0 Å². The van der Waals surface area contributed by atoms with Crippen LogP contribution in [0.5, 0.6) is 11.5 Å². The van der Waals surface area contributed by atoms with Crippen LogP contribution in [-0.2, 0) is 6.42 Å². The van der Waals surface area contributed by atoms with E-state index in [1.54, 1.807) is 24.4 Å². The number of aromatic nitrogens is 3. The monoisotopic (exact) mass is 395 g/mol. The number of rotatable bonds is 3. The third kappa shape index (κ3) is 2.80. The molecule has 0 aliphatic heterocycles.